The highest BCUT2D eigenvalue weighted by atomic mass is 16.5. The van der Waals surface area contributed by atoms with Crippen LogP contribution in [0, 0.1) is 0 Å². The van der Waals surface area contributed by atoms with Crippen LogP contribution in [0.3, 0.4) is 0 Å². The highest BCUT2D eigenvalue weighted by molar-refractivity contribution is 6.09. The van der Waals surface area contributed by atoms with E-state index in [4.69, 9.17) is 4.74 Å². The van der Waals surface area contributed by atoms with Crippen molar-refractivity contribution in [2.75, 3.05) is 7.11 Å². The van der Waals surface area contributed by atoms with Crippen LogP contribution in [0.2, 0.25) is 0 Å². The molecule has 0 spiro atoms. The summed E-state index contributed by atoms with van der Waals surface area (Å²) in [6, 6.07) is 21.2. The molecule has 0 aliphatic heterocycles. The molecule has 3 heteroatoms. The molecule has 3 aromatic carbocycles. The van der Waals surface area contributed by atoms with Crippen LogP contribution < -0.4 is 4.74 Å². The van der Waals surface area contributed by atoms with E-state index in [2.05, 4.69) is 48.1 Å². The number of rotatable bonds is 6. The molecule has 1 N–H and O–H groups in total. The van der Waals surface area contributed by atoms with Crippen molar-refractivity contribution in [2.45, 2.75) is 58.3 Å². The van der Waals surface area contributed by atoms with Gasteiger partial charge < -0.3 is 9.84 Å². The molecule has 0 unspecified atom stereocenters. The number of carbonyl (C=O) groups is 1. The number of benzene rings is 3. The van der Waals surface area contributed by atoms with Crippen LogP contribution in [0.4, 0.5) is 0 Å². The summed E-state index contributed by atoms with van der Waals surface area (Å²) >= 11 is 0. The summed E-state index contributed by atoms with van der Waals surface area (Å²) in [5.41, 5.74) is 4.16. The van der Waals surface area contributed by atoms with Gasteiger partial charge in [-0.1, -0.05) is 90.6 Å². The molecule has 0 fully saturated rings. The third-order valence-electron chi connectivity index (χ3n) is 6.21. The van der Waals surface area contributed by atoms with Crippen molar-refractivity contribution in [3.05, 3.63) is 107 Å². The third-order valence-corrected chi connectivity index (χ3v) is 6.21. The van der Waals surface area contributed by atoms with Crippen molar-refractivity contribution in [1.29, 1.82) is 0 Å². The molecule has 3 rings (SSSR count). The van der Waals surface area contributed by atoms with E-state index in [1.807, 2.05) is 42.5 Å². The van der Waals surface area contributed by atoms with Crippen molar-refractivity contribution >= 4 is 5.78 Å². The standard InChI is InChI=1S/C31H36O3/c1-20(28(32)22-14-16-24(34-8)17-15-22)27(21-12-10-9-11-13-21)23-18-25(30(2,3)4)29(33)26(19-23)31(5,6)7/h9-19,27,33H,1H2,2-8H3/t27-/m0/s1. The Morgan fingerprint density at radius 2 is 1.32 bits per heavy atom. The van der Waals surface area contributed by atoms with E-state index in [1.165, 1.54) is 0 Å². The molecule has 0 radical (unpaired) electrons. The van der Waals surface area contributed by atoms with Gasteiger partial charge in [-0.05, 0) is 57.3 Å². The first-order chi connectivity index (χ1) is 15.8. The molecule has 3 nitrogen and oxygen atoms in total. The van der Waals surface area contributed by atoms with E-state index in [9.17, 15) is 9.90 Å². The molecule has 0 saturated carbocycles. The molecule has 0 heterocycles. The molecule has 178 valence electrons. The highest BCUT2D eigenvalue weighted by Crippen LogP contribution is 2.43. The second-order valence-electron chi connectivity index (χ2n) is 10.9. The summed E-state index contributed by atoms with van der Waals surface area (Å²) in [5, 5.41) is 11.2. The number of hydrogen-bond donors (Lipinski definition) is 1. The molecular formula is C31H36O3. The largest absolute Gasteiger partial charge is 0.507 e. The zero-order chi connectivity index (χ0) is 25.3. The zero-order valence-corrected chi connectivity index (χ0v) is 21.4. The fourth-order valence-electron chi connectivity index (χ4n) is 4.27. The Labute approximate surface area is 204 Å². The first kappa shape index (κ1) is 25.3. The van der Waals surface area contributed by atoms with Crippen LogP contribution in [0.1, 0.15) is 80.1 Å². The Bertz CT molecular complexity index is 1140. The SMILES string of the molecule is C=C(C(=O)c1ccc(OC)cc1)[C@@H](c1ccccc1)c1cc(C(C)(C)C)c(O)c(C(C)(C)C)c1. The number of allylic oxidation sites excluding steroid dienone is 1. The number of ether oxygens (including phenoxy) is 1. The van der Waals surface area contributed by atoms with Gasteiger partial charge in [-0.15, -0.1) is 0 Å². The maximum absolute atomic E-state index is 13.6. The Balaban J connectivity index is 2.22. The number of ketones is 1. The number of methoxy groups -OCH3 is 1. The third kappa shape index (κ3) is 5.25. The number of phenols is 1. The average molecular weight is 457 g/mol. The summed E-state index contributed by atoms with van der Waals surface area (Å²) in [6.45, 7) is 16.8. The molecule has 0 amide bonds. The minimum absolute atomic E-state index is 0.112. The Hall–Kier alpha value is -3.33. The number of aromatic hydroxyl groups is 1. The fourth-order valence-corrected chi connectivity index (χ4v) is 4.27. The van der Waals surface area contributed by atoms with Crippen LogP contribution >= 0.6 is 0 Å². The number of hydrogen-bond acceptors (Lipinski definition) is 3. The Morgan fingerprint density at radius 3 is 1.76 bits per heavy atom. The predicted molar refractivity (Wildman–Crippen MR) is 140 cm³/mol. The Morgan fingerprint density at radius 1 is 0.824 bits per heavy atom. The van der Waals surface area contributed by atoms with Crippen molar-refractivity contribution in [3.63, 3.8) is 0 Å². The van der Waals surface area contributed by atoms with E-state index in [0.29, 0.717) is 22.6 Å². The normalized spacial score (nSPS) is 12.8. The monoisotopic (exact) mass is 456 g/mol. The van der Waals surface area contributed by atoms with Crippen molar-refractivity contribution in [1.82, 2.24) is 0 Å². The predicted octanol–water partition coefficient (Wildman–Crippen LogP) is 7.57. The van der Waals surface area contributed by atoms with Crippen molar-refractivity contribution in [3.8, 4) is 11.5 Å². The second-order valence-corrected chi connectivity index (χ2v) is 10.9. The van der Waals surface area contributed by atoms with Crippen molar-refractivity contribution in [2.24, 2.45) is 0 Å². The minimum Gasteiger partial charge on any atom is -0.507 e. The summed E-state index contributed by atoms with van der Waals surface area (Å²) < 4.78 is 5.24. The average Bonchev–Trinajstić information content (AvgIpc) is 2.78. The van der Waals surface area contributed by atoms with Crippen LogP contribution in [0.25, 0.3) is 0 Å². The number of carbonyl (C=O) groups excluding carboxylic acids is 1. The van der Waals surface area contributed by atoms with Crippen LogP contribution in [-0.4, -0.2) is 18.0 Å². The molecular weight excluding hydrogens is 420 g/mol. The van der Waals surface area contributed by atoms with Gasteiger partial charge >= 0.3 is 0 Å². The lowest BCUT2D eigenvalue weighted by molar-refractivity contribution is 0.103. The van der Waals surface area contributed by atoms with Gasteiger partial charge in [0.05, 0.1) is 7.11 Å². The van der Waals surface area contributed by atoms with E-state index >= 15 is 0 Å². The molecule has 3 aromatic rings. The molecule has 0 aliphatic carbocycles. The fraction of sp³-hybridized carbons (Fsp3) is 0.323. The topological polar surface area (TPSA) is 46.5 Å². The molecule has 0 saturated heterocycles. The highest BCUT2D eigenvalue weighted by Gasteiger charge is 2.31. The summed E-state index contributed by atoms with van der Waals surface area (Å²) in [6.07, 6.45) is 0. The van der Waals surface area contributed by atoms with Gasteiger partial charge in [-0.3, -0.25) is 4.79 Å². The van der Waals surface area contributed by atoms with E-state index < -0.39 is 0 Å². The number of Topliss-reactive ketones (excluding diaryl/α,β-unsaturated/α-hetero) is 1. The molecule has 1 atom stereocenters. The summed E-state index contributed by atoms with van der Waals surface area (Å²) in [5.74, 6) is 0.561. The first-order valence-electron chi connectivity index (χ1n) is 11.6. The van der Waals surface area contributed by atoms with Crippen LogP contribution in [0.15, 0.2) is 78.9 Å². The second kappa shape index (κ2) is 9.50. The van der Waals surface area contributed by atoms with Gasteiger partial charge in [-0.25, -0.2) is 0 Å². The van der Waals surface area contributed by atoms with Gasteiger partial charge in [0.1, 0.15) is 11.5 Å². The summed E-state index contributed by atoms with van der Waals surface area (Å²) in [7, 11) is 1.60. The minimum atomic E-state index is -0.349. The van der Waals surface area contributed by atoms with Crippen LogP contribution in [0.5, 0.6) is 11.5 Å². The van der Waals surface area contributed by atoms with Crippen LogP contribution in [-0.2, 0) is 10.8 Å². The lowest BCUT2D eigenvalue weighted by atomic mass is 9.74. The van der Waals surface area contributed by atoms with E-state index in [1.54, 1.807) is 31.4 Å². The van der Waals surface area contributed by atoms with Gasteiger partial charge in [0, 0.05) is 17.1 Å². The maximum atomic E-state index is 13.6. The maximum Gasteiger partial charge on any atom is 0.189 e. The molecule has 34 heavy (non-hydrogen) atoms. The molecule has 0 aromatic heterocycles. The van der Waals surface area contributed by atoms with Gasteiger partial charge in [0.2, 0.25) is 0 Å². The number of phenolic OH excluding ortho intramolecular Hbond substituents is 1. The first-order valence-corrected chi connectivity index (χ1v) is 11.6. The van der Waals surface area contributed by atoms with Gasteiger partial charge in [0.15, 0.2) is 5.78 Å². The summed E-state index contributed by atoms with van der Waals surface area (Å²) in [4.78, 5) is 13.6. The zero-order valence-electron chi connectivity index (χ0n) is 21.4. The van der Waals surface area contributed by atoms with E-state index in [0.717, 1.165) is 22.3 Å². The lowest BCUT2D eigenvalue weighted by Crippen LogP contribution is -2.20. The van der Waals surface area contributed by atoms with Crippen molar-refractivity contribution < 1.29 is 14.6 Å². The quantitative estimate of drug-likeness (QED) is 0.307. The Kier molecular flexibility index (Phi) is 7.07. The molecule has 0 aliphatic rings. The van der Waals surface area contributed by atoms with E-state index in [-0.39, 0.29) is 22.5 Å². The van der Waals surface area contributed by atoms with Gasteiger partial charge in [0.25, 0.3) is 0 Å². The lowest BCUT2D eigenvalue weighted by Gasteiger charge is -2.30. The molecule has 0 bridgehead atoms. The smallest absolute Gasteiger partial charge is 0.189 e. The van der Waals surface area contributed by atoms with Gasteiger partial charge in [-0.2, -0.15) is 0 Å².